The number of hydrogen-bond donors (Lipinski definition) is 0. The van der Waals surface area contributed by atoms with E-state index in [4.69, 9.17) is 9.15 Å². The Labute approximate surface area is 163 Å². The molecule has 0 radical (unpaired) electrons. The predicted molar refractivity (Wildman–Crippen MR) is 109 cm³/mol. The minimum Gasteiger partial charge on any atom is -0.486 e. The van der Waals surface area contributed by atoms with Gasteiger partial charge in [0, 0.05) is 23.6 Å². The summed E-state index contributed by atoms with van der Waals surface area (Å²) in [4.78, 5) is 12.4. The first-order chi connectivity index (χ1) is 13.8. The summed E-state index contributed by atoms with van der Waals surface area (Å²) in [5.74, 6) is 2.03. The topological polar surface area (TPSA) is 44.4 Å². The van der Waals surface area contributed by atoms with E-state index < -0.39 is 0 Å². The van der Waals surface area contributed by atoms with E-state index in [-0.39, 0.29) is 5.78 Å². The van der Waals surface area contributed by atoms with E-state index in [0.717, 1.165) is 11.4 Å². The van der Waals surface area contributed by atoms with Crippen LogP contribution in [-0.4, -0.2) is 10.4 Å². The first-order valence-electron chi connectivity index (χ1n) is 9.00. The zero-order valence-corrected chi connectivity index (χ0v) is 15.2. The average molecular weight is 369 g/mol. The maximum atomic E-state index is 12.4. The Kier molecular flexibility index (Phi) is 5.20. The SMILES string of the molecule is O=C(/C=C/c1ccc(COc2ccccc2)o1)c1ccc(-n2cccc2)cc1. The molecule has 0 bridgehead atoms. The van der Waals surface area contributed by atoms with E-state index >= 15 is 0 Å². The van der Waals surface area contributed by atoms with Crippen molar-refractivity contribution in [3.63, 3.8) is 0 Å². The van der Waals surface area contributed by atoms with Gasteiger partial charge in [-0.3, -0.25) is 4.79 Å². The van der Waals surface area contributed by atoms with Crippen molar-refractivity contribution >= 4 is 11.9 Å². The summed E-state index contributed by atoms with van der Waals surface area (Å²) in [5, 5.41) is 0. The fourth-order valence-corrected chi connectivity index (χ4v) is 2.79. The van der Waals surface area contributed by atoms with Crippen LogP contribution in [0.15, 0.2) is 102 Å². The zero-order valence-electron chi connectivity index (χ0n) is 15.2. The van der Waals surface area contributed by atoms with Crippen LogP contribution < -0.4 is 4.74 Å². The number of aromatic nitrogens is 1. The van der Waals surface area contributed by atoms with Crippen LogP contribution in [0.4, 0.5) is 0 Å². The Morgan fingerprint density at radius 3 is 2.39 bits per heavy atom. The van der Waals surface area contributed by atoms with Crippen LogP contribution in [-0.2, 0) is 6.61 Å². The minimum atomic E-state index is -0.0717. The zero-order chi connectivity index (χ0) is 19.2. The fourth-order valence-electron chi connectivity index (χ4n) is 2.79. The van der Waals surface area contributed by atoms with Gasteiger partial charge in [0.25, 0.3) is 0 Å². The molecule has 0 amide bonds. The molecule has 0 spiro atoms. The molecular formula is C24H19NO3. The van der Waals surface area contributed by atoms with Crippen LogP contribution in [0.25, 0.3) is 11.8 Å². The molecule has 0 unspecified atom stereocenters. The molecule has 28 heavy (non-hydrogen) atoms. The predicted octanol–water partition coefficient (Wildman–Crippen LogP) is 5.55. The normalized spacial score (nSPS) is 11.0. The van der Waals surface area contributed by atoms with Crippen molar-refractivity contribution in [1.82, 2.24) is 4.57 Å². The lowest BCUT2D eigenvalue weighted by Gasteiger charge is -2.03. The van der Waals surface area contributed by atoms with E-state index in [2.05, 4.69) is 0 Å². The molecule has 0 aliphatic heterocycles. The molecule has 138 valence electrons. The summed E-state index contributed by atoms with van der Waals surface area (Å²) in [6.45, 7) is 0.340. The van der Waals surface area contributed by atoms with Crippen molar-refractivity contribution in [3.8, 4) is 11.4 Å². The van der Waals surface area contributed by atoms with Crippen molar-refractivity contribution in [2.24, 2.45) is 0 Å². The van der Waals surface area contributed by atoms with Gasteiger partial charge in [-0.05, 0) is 72.8 Å². The standard InChI is InChI=1S/C24H19NO3/c26-24(19-8-10-20(11-9-19)25-16-4-5-17-25)15-14-22-12-13-23(28-22)18-27-21-6-2-1-3-7-21/h1-17H,18H2/b15-14+. The molecule has 2 aromatic heterocycles. The van der Waals surface area contributed by atoms with Crippen LogP contribution in [0.5, 0.6) is 5.75 Å². The number of carbonyl (C=O) groups is 1. The molecule has 0 N–H and O–H groups in total. The van der Waals surface area contributed by atoms with E-state index in [1.54, 1.807) is 6.08 Å². The van der Waals surface area contributed by atoms with Crippen molar-refractivity contribution in [1.29, 1.82) is 0 Å². The van der Waals surface area contributed by atoms with E-state index in [1.807, 2.05) is 95.8 Å². The first kappa shape index (κ1) is 17.6. The Morgan fingerprint density at radius 1 is 0.893 bits per heavy atom. The number of allylic oxidation sites excluding steroid dienone is 1. The van der Waals surface area contributed by atoms with Crippen molar-refractivity contribution in [2.75, 3.05) is 0 Å². The highest BCUT2D eigenvalue weighted by Gasteiger charge is 2.05. The van der Waals surface area contributed by atoms with Crippen molar-refractivity contribution < 1.29 is 13.9 Å². The molecule has 4 rings (SSSR count). The lowest BCUT2D eigenvalue weighted by Crippen LogP contribution is -1.96. The quantitative estimate of drug-likeness (QED) is 0.317. The molecule has 4 nitrogen and oxygen atoms in total. The molecule has 4 aromatic rings. The molecule has 0 aliphatic carbocycles. The van der Waals surface area contributed by atoms with Gasteiger partial charge in [0.2, 0.25) is 0 Å². The van der Waals surface area contributed by atoms with Crippen LogP contribution in [0.1, 0.15) is 21.9 Å². The number of carbonyl (C=O) groups excluding carboxylic acids is 1. The van der Waals surface area contributed by atoms with Crippen LogP contribution >= 0.6 is 0 Å². The third kappa shape index (κ3) is 4.30. The van der Waals surface area contributed by atoms with Gasteiger partial charge in [-0.15, -0.1) is 0 Å². The Balaban J connectivity index is 1.36. The molecule has 0 atom stereocenters. The number of ether oxygens (including phenoxy) is 1. The third-order valence-corrected chi connectivity index (χ3v) is 4.26. The first-order valence-corrected chi connectivity index (χ1v) is 9.00. The van der Waals surface area contributed by atoms with Crippen LogP contribution in [0.2, 0.25) is 0 Å². The van der Waals surface area contributed by atoms with Crippen LogP contribution in [0.3, 0.4) is 0 Å². The smallest absolute Gasteiger partial charge is 0.185 e. The van der Waals surface area contributed by atoms with Crippen molar-refractivity contribution in [2.45, 2.75) is 6.61 Å². The third-order valence-electron chi connectivity index (χ3n) is 4.26. The Bertz CT molecular complexity index is 1060. The van der Waals surface area contributed by atoms with E-state index in [9.17, 15) is 4.79 Å². The summed E-state index contributed by atoms with van der Waals surface area (Å²) >= 11 is 0. The number of furan rings is 1. The second-order valence-electron chi connectivity index (χ2n) is 6.24. The number of para-hydroxylation sites is 1. The van der Waals surface area contributed by atoms with Gasteiger partial charge in [0.15, 0.2) is 5.78 Å². The highest BCUT2D eigenvalue weighted by Crippen LogP contribution is 2.16. The van der Waals surface area contributed by atoms with Gasteiger partial charge in [-0.2, -0.15) is 0 Å². The number of nitrogens with zero attached hydrogens (tertiary/aromatic N) is 1. The van der Waals surface area contributed by atoms with Crippen molar-refractivity contribution in [3.05, 3.63) is 114 Å². The summed E-state index contributed by atoms with van der Waals surface area (Å²) in [5.41, 5.74) is 1.64. The summed E-state index contributed by atoms with van der Waals surface area (Å²) < 4.78 is 13.3. The number of ketones is 1. The van der Waals surface area contributed by atoms with Gasteiger partial charge in [-0.25, -0.2) is 0 Å². The minimum absolute atomic E-state index is 0.0717. The van der Waals surface area contributed by atoms with E-state index in [1.165, 1.54) is 6.08 Å². The largest absolute Gasteiger partial charge is 0.486 e. The molecule has 2 heterocycles. The number of rotatable bonds is 7. The molecular weight excluding hydrogens is 350 g/mol. The summed E-state index contributed by atoms with van der Waals surface area (Å²) in [6.07, 6.45) is 7.12. The van der Waals surface area contributed by atoms with Gasteiger partial charge >= 0.3 is 0 Å². The lowest BCUT2D eigenvalue weighted by atomic mass is 10.1. The second-order valence-corrected chi connectivity index (χ2v) is 6.24. The molecule has 0 saturated carbocycles. The second kappa shape index (κ2) is 8.27. The van der Waals surface area contributed by atoms with Crippen LogP contribution in [0, 0.1) is 0 Å². The van der Waals surface area contributed by atoms with Gasteiger partial charge in [0.05, 0.1) is 0 Å². The molecule has 0 saturated heterocycles. The van der Waals surface area contributed by atoms with Gasteiger partial charge in [-0.1, -0.05) is 18.2 Å². The lowest BCUT2D eigenvalue weighted by molar-refractivity contribution is 0.104. The molecule has 0 fully saturated rings. The monoisotopic (exact) mass is 369 g/mol. The molecule has 2 aromatic carbocycles. The van der Waals surface area contributed by atoms with Gasteiger partial charge in [0.1, 0.15) is 23.9 Å². The molecule has 0 aliphatic rings. The highest BCUT2D eigenvalue weighted by atomic mass is 16.5. The summed E-state index contributed by atoms with van der Waals surface area (Å²) in [6, 6.07) is 24.6. The maximum absolute atomic E-state index is 12.4. The number of hydrogen-bond acceptors (Lipinski definition) is 3. The average Bonchev–Trinajstić information content (AvgIpc) is 3.44. The Morgan fingerprint density at radius 2 is 1.64 bits per heavy atom. The maximum Gasteiger partial charge on any atom is 0.185 e. The number of benzene rings is 2. The fraction of sp³-hybridized carbons (Fsp3) is 0.0417. The van der Waals surface area contributed by atoms with Gasteiger partial charge < -0.3 is 13.7 Å². The Hall–Kier alpha value is -3.79. The van der Waals surface area contributed by atoms with E-state index in [0.29, 0.717) is 23.7 Å². The highest BCUT2D eigenvalue weighted by molar-refractivity contribution is 6.06. The molecule has 4 heteroatoms. The summed E-state index contributed by atoms with van der Waals surface area (Å²) in [7, 11) is 0.